The maximum Gasteiger partial charge on any atom is 0.340 e. The van der Waals surface area contributed by atoms with Gasteiger partial charge < -0.3 is 14.6 Å². The lowest BCUT2D eigenvalue weighted by atomic mass is 9.97. The minimum Gasteiger partial charge on any atom is -0.462 e. The predicted molar refractivity (Wildman–Crippen MR) is 120 cm³/mol. The van der Waals surface area contributed by atoms with Crippen molar-refractivity contribution in [1.82, 2.24) is 9.88 Å². The molecule has 0 unspecified atom stereocenters. The van der Waals surface area contributed by atoms with Crippen LogP contribution in [0.15, 0.2) is 54.6 Å². The third-order valence-electron chi connectivity index (χ3n) is 5.30. The average molecular weight is 407 g/mol. The van der Waals surface area contributed by atoms with Crippen LogP contribution in [0.3, 0.4) is 0 Å². The van der Waals surface area contributed by atoms with Crippen LogP contribution >= 0.6 is 11.6 Å². The van der Waals surface area contributed by atoms with Crippen LogP contribution in [-0.2, 0) is 18.3 Å². The van der Waals surface area contributed by atoms with Gasteiger partial charge in [0.05, 0.1) is 12.2 Å². The summed E-state index contributed by atoms with van der Waals surface area (Å²) < 4.78 is 7.40. The standard InChI is InChI=1S/C24H23ClN2O2/c1-4-29-24(28)23-20-10-8-16(13-21(20)27(3)22(23)14-26-2)18-7-5-6-15-12-17(25)9-11-19(15)18/h5-13,26H,4,14H2,1-3H3. The van der Waals surface area contributed by atoms with Gasteiger partial charge in [0, 0.05) is 35.2 Å². The van der Waals surface area contributed by atoms with Crippen LogP contribution in [0.4, 0.5) is 0 Å². The highest BCUT2D eigenvalue weighted by Gasteiger charge is 2.22. The summed E-state index contributed by atoms with van der Waals surface area (Å²) in [6, 6.07) is 18.4. The first-order chi connectivity index (χ1) is 14.0. The summed E-state index contributed by atoms with van der Waals surface area (Å²) in [5, 5.41) is 7.04. The second kappa shape index (κ2) is 7.90. The maximum atomic E-state index is 12.7. The first-order valence-electron chi connectivity index (χ1n) is 9.66. The zero-order valence-corrected chi connectivity index (χ0v) is 17.5. The van der Waals surface area contributed by atoms with Gasteiger partial charge in [-0.1, -0.05) is 48.0 Å². The highest BCUT2D eigenvalue weighted by Crippen LogP contribution is 2.34. The van der Waals surface area contributed by atoms with Gasteiger partial charge in [0.25, 0.3) is 0 Å². The predicted octanol–water partition coefficient (Wildman–Crippen LogP) is 5.55. The lowest BCUT2D eigenvalue weighted by molar-refractivity contribution is 0.0527. The number of aryl methyl sites for hydroxylation is 1. The third-order valence-corrected chi connectivity index (χ3v) is 5.53. The van der Waals surface area contributed by atoms with Gasteiger partial charge in [-0.25, -0.2) is 4.79 Å². The molecule has 0 fully saturated rings. The number of aromatic nitrogens is 1. The van der Waals surface area contributed by atoms with E-state index in [1.807, 2.05) is 45.3 Å². The van der Waals surface area contributed by atoms with Crippen molar-refractivity contribution >= 4 is 39.2 Å². The number of esters is 1. The molecular weight excluding hydrogens is 384 g/mol. The fourth-order valence-electron chi connectivity index (χ4n) is 3.97. The van der Waals surface area contributed by atoms with E-state index in [2.05, 4.69) is 40.2 Å². The van der Waals surface area contributed by atoms with Crippen molar-refractivity contribution in [2.24, 2.45) is 7.05 Å². The molecule has 3 aromatic carbocycles. The summed E-state index contributed by atoms with van der Waals surface area (Å²) in [5.41, 5.74) is 4.78. The number of benzene rings is 3. The van der Waals surface area contributed by atoms with Gasteiger partial charge in [0.2, 0.25) is 0 Å². The monoisotopic (exact) mass is 406 g/mol. The smallest absolute Gasteiger partial charge is 0.340 e. The van der Waals surface area contributed by atoms with Crippen molar-refractivity contribution in [3.63, 3.8) is 0 Å². The quantitative estimate of drug-likeness (QED) is 0.442. The number of carbonyl (C=O) groups excluding carboxylic acids is 1. The second-order valence-corrected chi connectivity index (χ2v) is 7.47. The van der Waals surface area contributed by atoms with Gasteiger partial charge >= 0.3 is 5.97 Å². The third kappa shape index (κ3) is 3.39. The van der Waals surface area contributed by atoms with Crippen LogP contribution in [0.5, 0.6) is 0 Å². The van der Waals surface area contributed by atoms with E-state index in [1.165, 1.54) is 0 Å². The van der Waals surface area contributed by atoms with Crippen LogP contribution in [-0.4, -0.2) is 24.2 Å². The number of nitrogens with one attached hydrogen (secondary N) is 1. The molecule has 0 amide bonds. The second-order valence-electron chi connectivity index (χ2n) is 7.03. The van der Waals surface area contributed by atoms with Crippen molar-refractivity contribution in [3.8, 4) is 11.1 Å². The number of halogens is 1. The van der Waals surface area contributed by atoms with Gasteiger partial charge in [0.1, 0.15) is 0 Å². The summed E-state index contributed by atoms with van der Waals surface area (Å²) in [4.78, 5) is 12.7. The van der Waals surface area contributed by atoms with Crippen molar-refractivity contribution in [1.29, 1.82) is 0 Å². The molecule has 4 nitrogen and oxygen atoms in total. The number of nitrogens with zero attached hydrogens (tertiary/aromatic N) is 1. The van der Waals surface area contributed by atoms with E-state index in [0.717, 1.165) is 43.5 Å². The topological polar surface area (TPSA) is 43.3 Å². The van der Waals surface area contributed by atoms with E-state index < -0.39 is 0 Å². The highest BCUT2D eigenvalue weighted by molar-refractivity contribution is 6.31. The van der Waals surface area contributed by atoms with Crippen molar-refractivity contribution in [2.75, 3.05) is 13.7 Å². The zero-order chi connectivity index (χ0) is 20.5. The lowest BCUT2D eigenvalue weighted by Crippen LogP contribution is -2.14. The SMILES string of the molecule is CCOC(=O)c1c(CNC)n(C)c2cc(-c3cccc4cc(Cl)ccc34)ccc12. The molecule has 0 aliphatic rings. The summed E-state index contributed by atoms with van der Waals surface area (Å²) in [5.74, 6) is -0.282. The van der Waals surface area contributed by atoms with Crippen molar-refractivity contribution < 1.29 is 9.53 Å². The molecule has 1 N–H and O–H groups in total. The first kappa shape index (κ1) is 19.5. The Hall–Kier alpha value is -2.82. The Kier molecular flexibility index (Phi) is 5.31. The fourth-order valence-corrected chi connectivity index (χ4v) is 4.15. The molecule has 4 aromatic rings. The van der Waals surface area contributed by atoms with E-state index in [-0.39, 0.29) is 5.97 Å². The van der Waals surface area contributed by atoms with Gasteiger partial charge in [0.15, 0.2) is 0 Å². The highest BCUT2D eigenvalue weighted by atomic mass is 35.5. The Balaban J connectivity index is 1.94. The molecule has 5 heteroatoms. The number of carbonyl (C=O) groups is 1. The zero-order valence-electron chi connectivity index (χ0n) is 16.8. The Morgan fingerprint density at radius 1 is 1.10 bits per heavy atom. The van der Waals surface area contributed by atoms with Crippen LogP contribution in [0.1, 0.15) is 23.0 Å². The number of hydrogen-bond donors (Lipinski definition) is 1. The minimum atomic E-state index is -0.282. The lowest BCUT2D eigenvalue weighted by Gasteiger charge is -2.09. The molecule has 148 valence electrons. The fraction of sp³-hybridized carbons (Fsp3) is 0.208. The molecule has 0 bridgehead atoms. The van der Waals surface area contributed by atoms with Gasteiger partial charge in [-0.2, -0.15) is 0 Å². The van der Waals surface area contributed by atoms with E-state index in [0.29, 0.717) is 18.7 Å². The molecule has 4 rings (SSSR count). The molecule has 29 heavy (non-hydrogen) atoms. The maximum absolute atomic E-state index is 12.7. The minimum absolute atomic E-state index is 0.282. The van der Waals surface area contributed by atoms with E-state index in [9.17, 15) is 4.79 Å². The Morgan fingerprint density at radius 3 is 2.66 bits per heavy atom. The van der Waals surface area contributed by atoms with Gasteiger partial charge in [-0.05, 0) is 54.1 Å². The Morgan fingerprint density at radius 2 is 1.90 bits per heavy atom. The summed E-state index contributed by atoms with van der Waals surface area (Å²) in [7, 11) is 3.86. The summed E-state index contributed by atoms with van der Waals surface area (Å²) in [6.07, 6.45) is 0. The van der Waals surface area contributed by atoms with E-state index in [4.69, 9.17) is 16.3 Å². The number of rotatable bonds is 5. The molecule has 0 saturated carbocycles. The molecule has 0 atom stereocenters. The normalized spacial score (nSPS) is 11.3. The molecule has 0 aliphatic carbocycles. The van der Waals surface area contributed by atoms with Gasteiger partial charge in [-0.15, -0.1) is 0 Å². The molecule has 0 saturated heterocycles. The molecule has 0 aliphatic heterocycles. The van der Waals surface area contributed by atoms with Crippen molar-refractivity contribution in [2.45, 2.75) is 13.5 Å². The largest absolute Gasteiger partial charge is 0.462 e. The summed E-state index contributed by atoms with van der Waals surface area (Å²) in [6.45, 7) is 2.76. The average Bonchev–Trinajstić information content (AvgIpc) is 2.99. The van der Waals surface area contributed by atoms with Crippen LogP contribution < -0.4 is 5.32 Å². The number of ether oxygens (including phenoxy) is 1. The molecule has 1 heterocycles. The number of hydrogen-bond acceptors (Lipinski definition) is 3. The summed E-state index contributed by atoms with van der Waals surface area (Å²) >= 11 is 6.17. The molecule has 0 spiro atoms. The molecule has 0 radical (unpaired) electrons. The van der Waals surface area contributed by atoms with E-state index in [1.54, 1.807) is 0 Å². The van der Waals surface area contributed by atoms with Crippen LogP contribution in [0.2, 0.25) is 5.02 Å². The molecular formula is C24H23ClN2O2. The van der Waals surface area contributed by atoms with Gasteiger partial charge in [-0.3, -0.25) is 0 Å². The first-order valence-corrected chi connectivity index (χ1v) is 10.0. The Labute approximate surface area is 175 Å². The van der Waals surface area contributed by atoms with Crippen molar-refractivity contribution in [3.05, 3.63) is 70.9 Å². The number of fused-ring (bicyclic) bond motifs is 2. The molecule has 1 aromatic heterocycles. The Bertz CT molecular complexity index is 1230. The van der Waals surface area contributed by atoms with Crippen LogP contribution in [0.25, 0.3) is 32.8 Å². The van der Waals surface area contributed by atoms with E-state index >= 15 is 0 Å². The van der Waals surface area contributed by atoms with Crippen LogP contribution in [0, 0.1) is 0 Å².